The minimum atomic E-state index is -4.26. The van der Waals surface area contributed by atoms with E-state index in [9.17, 15) is 23.2 Å². The van der Waals surface area contributed by atoms with Gasteiger partial charge in [0.05, 0.1) is 11.8 Å². The number of fused-ring (bicyclic) bond motifs is 2. The zero-order chi connectivity index (χ0) is 33.5. The number of nitrogens with zero attached hydrogens (tertiary/aromatic N) is 7. The number of aryl methyl sites for hydroxylation is 1. The number of halogens is 3. The van der Waals surface area contributed by atoms with Crippen LogP contribution in [0.2, 0.25) is 0 Å². The Morgan fingerprint density at radius 3 is 2.64 bits per heavy atom. The molecular weight excluding hydrogens is 627 g/mol. The van der Waals surface area contributed by atoms with Crippen molar-refractivity contribution in [3.63, 3.8) is 0 Å². The van der Waals surface area contributed by atoms with Crippen molar-refractivity contribution in [2.45, 2.75) is 70.5 Å². The van der Waals surface area contributed by atoms with E-state index in [2.05, 4.69) is 61.7 Å². The van der Waals surface area contributed by atoms with Crippen LogP contribution in [0.25, 0.3) is 21.1 Å². The summed E-state index contributed by atoms with van der Waals surface area (Å²) in [4.78, 5) is 28.0. The summed E-state index contributed by atoms with van der Waals surface area (Å²) in [6.07, 6.45) is -2.07. The summed E-state index contributed by atoms with van der Waals surface area (Å²) in [5, 5.41) is 15.2. The molecule has 1 aromatic carbocycles. The van der Waals surface area contributed by atoms with Crippen LogP contribution in [0.4, 0.5) is 19.0 Å². The van der Waals surface area contributed by atoms with Gasteiger partial charge in [0.15, 0.2) is 0 Å². The van der Waals surface area contributed by atoms with Gasteiger partial charge >= 0.3 is 6.18 Å². The van der Waals surface area contributed by atoms with E-state index in [1.165, 1.54) is 11.9 Å². The summed E-state index contributed by atoms with van der Waals surface area (Å²) in [7, 11) is 1.92. The van der Waals surface area contributed by atoms with Gasteiger partial charge in [0, 0.05) is 73.7 Å². The molecule has 0 unspecified atom stereocenters. The lowest BCUT2D eigenvalue weighted by Gasteiger charge is -2.40. The van der Waals surface area contributed by atoms with E-state index in [1.807, 2.05) is 18.0 Å². The maximum absolute atomic E-state index is 12.9. The van der Waals surface area contributed by atoms with Crippen molar-refractivity contribution >= 4 is 44.2 Å². The van der Waals surface area contributed by atoms with Gasteiger partial charge in [-0.05, 0) is 63.1 Å². The smallest absolute Gasteiger partial charge is 0.368 e. The number of likely N-dealkylation sites (tertiary alicyclic amines) is 1. The summed E-state index contributed by atoms with van der Waals surface area (Å²) in [5.74, 6) is 0.274. The number of alkyl halides is 3. The predicted molar refractivity (Wildman–Crippen MR) is 177 cm³/mol. The number of piperazine rings is 1. The standard InChI is InChI=1S/C33H40F3N9OS/c1-20(44-11-10-42(3)29(18-44)30(38)46)16-45-24(15-37)12-26-21(2)22(4-5-28(26)45)17-43-8-6-23(7-9-43)41-31-27-13-25(14-33(34,35)36)47-32(27)40-19-39-31/h4-5,12-13,19-20,23,29H,6-11,14,16-18H2,1-3H3,(H2,38,46)(H,39,40,41)/t20-,29+/m0/s1. The molecule has 2 atom stereocenters. The zero-order valence-corrected chi connectivity index (χ0v) is 27.7. The van der Waals surface area contributed by atoms with Gasteiger partial charge < -0.3 is 15.6 Å². The molecule has 14 heteroatoms. The molecule has 0 radical (unpaired) electrons. The van der Waals surface area contributed by atoms with Crippen LogP contribution in [0.3, 0.4) is 0 Å². The molecule has 0 saturated carbocycles. The van der Waals surface area contributed by atoms with Crippen LogP contribution in [0.5, 0.6) is 0 Å². The van der Waals surface area contributed by atoms with Crippen LogP contribution in [0.15, 0.2) is 30.6 Å². The number of likely N-dealkylation sites (N-methyl/N-ethyl adjacent to an activating group) is 1. The Morgan fingerprint density at radius 1 is 1.17 bits per heavy atom. The summed E-state index contributed by atoms with van der Waals surface area (Å²) in [5.41, 5.74) is 9.68. The fourth-order valence-corrected chi connectivity index (χ4v) is 7.97. The summed E-state index contributed by atoms with van der Waals surface area (Å²) < 4.78 is 40.9. The number of benzene rings is 1. The number of anilines is 1. The Bertz CT molecular complexity index is 1800. The topological polar surface area (TPSA) is 119 Å². The number of amides is 1. The maximum atomic E-state index is 12.9. The first-order chi connectivity index (χ1) is 22.4. The van der Waals surface area contributed by atoms with E-state index in [0.717, 1.165) is 73.4 Å². The number of carbonyl (C=O) groups excluding carboxylic acids is 1. The highest BCUT2D eigenvalue weighted by Gasteiger charge is 2.32. The number of nitrogens with two attached hydrogens (primary N) is 1. The highest BCUT2D eigenvalue weighted by molar-refractivity contribution is 7.18. The molecule has 2 aliphatic rings. The molecule has 3 N–H and O–H groups in total. The van der Waals surface area contributed by atoms with Gasteiger partial charge in [-0.3, -0.25) is 19.5 Å². The van der Waals surface area contributed by atoms with Crippen molar-refractivity contribution in [3.8, 4) is 6.07 Å². The average molecular weight is 668 g/mol. The lowest BCUT2D eigenvalue weighted by molar-refractivity contribution is -0.127. The molecule has 1 amide bonds. The van der Waals surface area contributed by atoms with Crippen molar-refractivity contribution in [1.29, 1.82) is 5.26 Å². The molecule has 4 aromatic rings. The van der Waals surface area contributed by atoms with E-state index in [-0.39, 0.29) is 28.9 Å². The minimum absolute atomic E-state index is 0.114. The van der Waals surface area contributed by atoms with Gasteiger partial charge in [0.25, 0.3) is 0 Å². The Hall–Kier alpha value is -3.77. The quantitative estimate of drug-likeness (QED) is 0.268. The number of carbonyl (C=O) groups is 1. The molecular formula is C33H40F3N9OS. The maximum Gasteiger partial charge on any atom is 0.393 e. The monoisotopic (exact) mass is 667 g/mol. The summed E-state index contributed by atoms with van der Waals surface area (Å²) >= 11 is 1.06. The molecule has 47 heavy (non-hydrogen) atoms. The molecule has 6 rings (SSSR count). The van der Waals surface area contributed by atoms with Crippen molar-refractivity contribution in [1.82, 2.24) is 29.2 Å². The van der Waals surface area contributed by atoms with Crippen molar-refractivity contribution in [3.05, 3.63) is 52.3 Å². The Morgan fingerprint density at radius 2 is 1.94 bits per heavy atom. The SMILES string of the molecule is Cc1c(CN2CCC(Nc3ncnc4sc(CC(F)(F)F)cc34)CC2)ccc2c1cc(C#N)n2C[C@H](C)N1CCN(C)[C@@H](C(N)=O)C1. The number of rotatable bonds is 9. The number of nitrogens with one attached hydrogen (secondary N) is 1. The van der Waals surface area contributed by atoms with Crippen molar-refractivity contribution in [2.75, 3.05) is 45.1 Å². The highest BCUT2D eigenvalue weighted by atomic mass is 32.1. The number of nitriles is 1. The number of thiophene rings is 1. The van der Waals surface area contributed by atoms with E-state index < -0.39 is 12.6 Å². The second-order valence-corrected chi connectivity index (χ2v) is 14.0. The molecule has 0 spiro atoms. The van der Waals surface area contributed by atoms with Crippen LogP contribution in [0.1, 0.15) is 41.5 Å². The van der Waals surface area contributed by atoms with Gasteiger partial charge in [0.2, 0.25) is 5.91 Å². The molecule has 2 fully saturated rings. The van der Waals surface area contributed by atoms with Crippen molar-refractivity contribution in [2.24, 2.45) is 5.73 Å². The Labute approximate surface area is 275 Å². The van der Waals surface area contributed by atoms with Gasteiger partial charge in [-0.2, -0.15) is 18.4 Å². The summed E-state index contributed by atoms with van der Waals surface area (Å²) in [6, 6.07) is 10.2. The number of primary amides is 1. The Balaban J connectivity index is 1.10. The first-order valence-corrected chi connectivity index (χ1v) is 16.8. The number of aromatic nitrogens is 3. The fraction of sp³-hybridized carbons (Fsp3) is 0.515. The van der Waals surface area contributed by atoms with Gasteiger partial charge in [-0.1, -0.05) is 6.07 Å². The van der Waals surface area contributed by atoms with Gasteiger partial charge in [0.1, 0.15) is 34.8 Å². The van der Waals surface area contributed by atoms with E-state index >= 15 is 0 Å². The molecule has 2 saturated heterocycles. The number of piperidine rings is 1. The van der Waals surface area contributed by atoms with Crippen LogP contribution in [-0.4, -0.2) is 99.2 Å². The van der Waals surface area contributed by atoms with Gasteiger partial charge in [-0.25, -0.2) is 9.97 Å². The molecule has 0 bridgehead atoms. The average Bonchev–Trinajstić information content (AvgIpc) is 3.60. The molecule has 3 aromatic heterocycles. The molecule has 2 aliphatic heterocycles. The molecule has 250 valence electrons. The Kier molecular flexibility index (Phi) is 9.44. The fourth-order valence-electron chi connectivity index (χ4n) is 6.94. The van der Waals surface area contributed by atoms with E-state index in [4.69, 9.17) is 5.73 Å². The van der Waals surface area contributed by atoms with Crippen LogP contribution >= 0.6 is 11.3 Å². The van der Waals surface area contributed by atoms with Gasteiger partial charge in [-0.15, -0.1) is 11.3 Å². The lowest BCUT2D eigenvalue weighted by atomic mass is 10.0. The first kappa shape index (κ1) is 33.1. The third-order valence-electron chi connectivity index (χ3n) is 9.74. The minimum Gasteiger partial charge on any atom is -0.368 e. The molecule has 10 nitrogen and oxygen atoms in total. The largest absolute Gasteiger partial charge is 0.393 e. The van der Waals surface area contributed by atoms with E-state index in [1.54, 1.807) is 6.07 Å². The predicted octanol–water partition coefficient (Wildman–Crippen LogP) is 4.50. The lowest BCUT2D eigenvalue weighted by Crippen LogP contribution is -2.58. The number of hydrogen-bond donors (Lipinski definition) is 2. The third kappa shape index (κ3) is 7.23. The van der Waals surface area contributed by atoms with Crippen LogP contribution in [0, 0.1) is 18.3 Å². The van der Waals surface area contributed by atoms with Crippen LogP contribution in [-0.2, 0) is 24.3 Å². The highest BCUT2D eigenvalue weighted by Crippen LogP contribution is 2.33. The zero-order valence-electron chi connectivity index (χ0n) is 26.8. The van der Waals surface area contributed by atoms with E-state index in [0.29, 0.717) is 34.8 Å². The van der Waals surface area contributed by atoms with Crippen molar-refractivity contribution < 1.29 is 18.0 Å². The normalized spacial score (nSPS) is 19.7. The summed E-state index contributed by atoms with van der Waals surface area (Å²) in [6.45, 7) is 9.57. The molecule has 5 heterocycles. The molecule has 0 aliphatic carbocycles. The first-order valence-electron chi connectivity index (χ1n) is 15.9. The second kappa shape index (κ2) is 13.4. The van der Waals surface area contributed by atoms with Crippen LogP contribution < -0.4 is 11.1 Å². The third-order valence-corrected chi connectivity index (χ3v) is 10.8. The number of hydrogen-bond acceptors (Lipinski definition) is 9. The second-order valence-electron chi connectivity index (χ2n) is 12.9.